The Morgan fingerprint density at radius 1 is 0.690 bits per heavy atom. The van der Waals surface area contributed by atoms with Crippen molar-refractivity contribution in [3.63, 3.8) is 0 Å². The third kappa shape index (κ3) is 4.25. The highest BCUT2D eigenvalue weighted by Crippen LogP contribution is 2.40. The zero-order chi connectivity index (χ0) is 33.6. The number of benzene rings is 4. The van der Waals surface area contributed by atoms with E-state index in [-0.39, 0.29) is 22.4 Å². The summed E-state index contributed by atoms with van der Waals surface area (Å²) in [6, 6.07) is 32.1. The van der Waals surface area contributed by atoms with Gasteiger partial charge in [0.25, 0.3) is 0 Å². The highest BCUT2D eigenvalue weighted by atomic mass is 16.3. The van der Waals surface area contributed by atoms with Gasteiger partial charge in [-0.15, -0.1) is 0 Å². The lowest BCUT2D eigenvalue weighted by Crippen LogP contribution is -2.13. The summed E-state index contributed by atoms with van der Waals surface area (Å²) in [7, 11) is 0. The number of hydrogen-bond donors (Lipinski definition) is 0. The first-order chi connectivity index (χ1) is 23.0. The molecular formula is C36H25N5O. The van der Waals surface area contributed by atoms with Gasteiger partial charge in [0, 0.05) is 65.7 Å². The summed E-state index contributed by atoms with van der Waals surface area (Å²) in [5, 5.41) is 11.7. The molecule has 4 aromatic carbocycles. The van der Waals surface area contributed by atoms with Gasteiger partial charge in [-0.2, -0.15) is 5.26 Å². The van der Waals surface area contributed by atoms with Crippen molar-refractivity contribution in [2.24, 2.45) is 0 Å². The first kappa shape index (κ1) is 19.3. The molecule has 0 fully saturated rings. The molecule has 0 saturated heterocycles. The van der Waals surface area contributed by atoms with Gasteiger partial charge in [0.15, 0.2) is 5.58 Å². The highest BCUT2D eigenvalue weighted by Gasteiger charge is 2.20. The normalized spacial score (nSPS) is 13.8. The Labute approximate surface area is 251 Å². The minimum Gasteiger partial charge on any atom is -0.454 e. The Morgan fingerprint density at radius 3 is 2.05 bits per heavy atom. The quantitative estimate of drug-likeness (QED) is 0.213. The van der Waals surface area contributed by atoms with Crippen molar-refractivity contribution in [3.05, 3.63) is 132 Å². The Morgan fingerprint density at radius 2 is 1.38 bits per heavy atom. The lowest BCUT2D eigenvalue weighted by Gasteiger charge is -2.23. The number of aryl methyl sites for hydroxylation is 2. The minimum absolute atomic E-state index is 0.239. The van der Waals surface area contributed by atoms with E-state index >= 15 is 0 Å². The number of para-hydroxylation sites is 3. The van der Waals surface area contributed by atoms with Crippen molar-refractivity contribution in [1.82, 2.24) is 15.0 Å². The van der Waals surface area contributed by atoms with E-state index in [9.17, 15) is 5.26 Å². The van der Waals surface area contributed by atoms with Crippen LogP contribution in [0.4, 0.5) is 17.3 Å². The topological polar surface area (TPSA) is 78.8 Å². The molecule has 7 aromatic rings. The molecule has 0 amide bonds. The fourth-order valence-corrected chi connectivity index (χ4v) is 5.13. The average molecular weight is 550 g/mol. The number of nitriles is 1. The Hall–Kier alpha value is -5.80. The van der Waals surface area contributed by atoms with Crippen LogP contribution in [0.3, 0.4) is 0 Å². The third-order valence-corrected chi connectivity index (χ3v) is 7.14. The number of nitrogens with zero attached hydrogens (tertiary/aromatic N) is 5. The van der Waals surface area contributed by atoms with Gasteiger partial charge < -0.3 is 4.42 Å². The van der Waals surface area contributed by atoms with Crippen LogP contribution in [-0.2, 0) is 0 Å². The van der Waals surface area contributed by atoms with Crippen molar-refractivity contribution < 1.29 is 12.6 Å². The fraction of sp³-hybridized carbons (Fsp3) is 0.0556. The SMILES string of the molecule is [2H]C([2H])([2H])c1cnc(-c2cccc3c2oc2c(C#N)c(-c4cnc(N(c5ccccc5)c5ccccc5)nc4)ccc23)cc1C([2H])([2H])[2H]. The summed E-state index contributed by atoms with van der Waals surface area (Å²) in [5.74, 6) is 0.456. The van der Waals surface area contributed by atoms with Gasteiger partial charge in [0.2, 0.25) is 5.95 Å². The van der Waals surface area contributed by atoms with Crippen LogP contribution in [0.5, 0.6) is 0 Å². The van der Waals surface area contributed by atoms with Gasteiger partial charge in [-0.3, -0.25) is 9.88 Å². The molecule has 0 radical (unpaired) electrons. The maximum Gasteiger partial charge on any atom is 0.234 e. The van der Waals surface area contributed by atoms with E-state index in [1.54, 1.807) is 24.5 Å². The lowest BCUT2D eigenvalue weighted by molar-refractivity contribution is 0.668. The van der Waals surface area contributed by atoms with Crippen molar-refractivity contribution in [2.75, 3.05) is 4.90 Å². The lowest BCUT2D eigenvalue weighted by atomic mass is 9.99. The summed E-state index contributed by atoms with van der Waals surface area (Å²) >= 11 is 0. The van der Waals surface area contributed by atoms with Gasteiger partial charge in [-0.05, 0) is 67.3 Å². The molecule has 200 valence electrons. The molecule has 0 saturated carbocycles. The zero-order valence-corrected chi connectivity index (χ0v) is 22.1. The molecule has 7 rings (SSSR count). The Bertz CT molecular complexity index is 2290. The van der Waals surface area contributed by atoms with Crippen molar-refractivity contribution in [2.45, 2.75) is 13.7 Å². The molecule has 0 atom stereocenters. The number of aromatic nitrogens is 3. The van der Waals surface area contributed by atoms with Gasteiger partial charge in [-0.25, -0.2) is 9.97 Å². The van der Waals surface area contributed by atoms with Crippen molar-refractivity contribution in [3.8, 4) is 28.5 Å². The maximum atomic E-state index is 10.4. The smallest absolute Gasteiger partial charge is 0.234 e. The predicted octanol–water partition coefficient (Wildman–Crippen LogP) is 9.06. The Balaban J connectivity index is 1.33. The van der Waals surface area contributed by atoms with E-state index in [1.165, 1.54) is 6.07 Å². The molecule has 0 bridgehead atoms. The van der Waals surface area contributed by atoms with Crippen molar-refractivity contribution in [1.29, 1.82) is 5.26 Å². The second kappa shape index (κ2) is 10.3. The van der Waals surface area contributed by atoms with Crippen LogP contribution < -0.4 is 4.90 Å². The van der Waals surface area contributed by atoms with Gasteiger partial charge >= 0.3 is 0 Å². The van der Waals surface area contributed by atoms with E-state index in [4.69, 9.17) is 22.6 Å². The number of rotatable bonds is 5. The molecule has 0 aliphatic rings. The van der Waals surface area contributed by atoms with E-state index in [1.807, 2.05) is 83.8 Å². The maximum absolute atomic E-state index is 10.4. The van der Waals surface area contributed by atoms with E-state index in [0.717, 1.165) is 17.6 Å². The highest BCUT2D eigenvalue weighted by molar-refractivity contribution is 6.11. The summed E-state index contributed by atoms with van der Waals surface area (Å²) in [6.07, 6.45) is 4.43. The molecule has 0 spiro atoms. The molecule has 3 aromatic heterocycles. The monoisotopic (exact) mass is 549 g/mol. The molecule has 0 unspecified atom stereocenters. The number of anilines is 3. The third-order valence-electron chi connectivity index (χ3n) is 7.14. The molecule has 6 heteroatoms. The summed E-state index contributed by atoms with van der Waals surface area (Å²) in [4.78, 5) is 15.7. The van der Waals surface area contributed by atoms with Gasteiger partial charge in [-0.1, -0.05) is 54.6 Å². The first-order valence-corrected chi connectivity index (χ1v) is 13.2. The van der Waals surface area contributed by atoms with Crippen LogP contribution in [0.15, 0.2) is 120 Å². The number of hydrogen-bond acceptors (Lipinski definition) is 6. The second-order valence-corrected chi connectivity index (χ2v) is 9.65. The number of furan rings is 1. The van der Waals surface area contributed by atoms with Crippen LogP contribution in [0, 0.1) is 25.0 Å². The van der Waals surface area contributed by atoms with E-state index in [2.05, 4.69) is 11.1 Å². The second-order valence-electron chi connectivity index (χ2n) is 9.65. The van der Waals surface area contributed by atoms with Crippen LogP contribution >= 0.6 is 0 Å². The van der Waals surface area contributed by atoms with Crippen LogP contribution in [-0.4, -0.2) is 15.0 Å². The fourth-order valence-electron chi connectivity index (χ4n) is 5.13. The molecule has 42 heavy (non-hydrogen) atoms. The number of fused-ring (bicyclic) bond motifs is 3. The minimum atomic E-state index is -2.68. The molecule has 0 aliphatic carbocycles. The van der Waals surface area contributed by atoms with Crippen molar-refractivity contribution >= 4 is 39.3 Å². The molecule has 6 nitrogen and oxygen atoms in total. The summed E-state index contributed by atoms with van der Waals surface area (Å²) in [5.41, 5.74) is 4.05. The predicted molar refractivity (Wildman–Crippen MR) is 167 cm³/mol. The number of pyridine rings is 1. The van der Waals surface area contributed by atoms with Crippen LogP contribution in [0.1, 0.15) is 24.9 Å². The zero-order valence-electron chi connectivity index (χ0n) is 28.1. The molecule has 3 heterocycles. The van der Waals surface area contributed by atoms with Gasteiger partial charge in [0.1, 0.15) is 17.2 Å². The summed E-state index contributed by atoms with van der Waals surface area (Å²) in [6.45, 7) is -5.33. The standard InChI is InChI=1S/C36H25N5O/c1-23-18-33(38-20-24(23)2)31-15-9-14-29-30-17-16-28(32(19-37)35(30)42-34(29)31)25-21-39-36(40-22-25)41(26-10-5-3-6-11-26)27-12-7-4-8-13-27/h3-18,20-22H,1-2H3/i1D3,2D3. The molecule has 0 aliphatic heterocycles. The average Bonchev–Trinajstić information content (AvgIpc) is 3.47. The van der Waals surface area contributed by atoms with Crippen LogP contribution in [0.25, 0.3) is 44.3 Å². The van der Waals surface area contributed by atoms with Gasteiger partial charge in [0.05, 0.1) is 5.69 Å². The first-order valence-electron chi connectivity index (χ1n) is 16.2. The molecular weight excluding hydrogens is 518 g/mol. The molecule has 0 N–H and O–H groups in total. The Kier molecular flexibility index (Phi) is 4.74. The van der Waals surface area contributed by atoms with E-state index < -0.39 is 13.7 Å². The largest absolute Gasteiger partial charge is 0.454 e. The van der Waals surface area contributed by atoms with Crippen LogP contribution in [0.2, 0.25) is 0 Å². The van der Waals surface area contributed by atoms with E-state index in [0.29, 0.717) is 44.6 Å². The summed E-state index contributed by atoms with van der Waals surface area (Å²) < 4.78 is 53.7.